The molecule has 0 spiro atoms. The predicted octanol–water partition coefficient (Wildman–Crippen LogP) is 2.41. The summed E-state index contributed by atoms with van der Waals surface area (Å²) in [6, 6.07) is 13.8. The highest BCUT2D eigenvalue weighted by Crippen LogP contribution is 2.27. The first-order valence-electron chi connectivity index (χ1n) is 6.55. The first-order valence-corrected chi connectivity index (χ1v) is 6.55. The van der Waals surface area contributed by atoms with E-state index < -0.39 is 5.91 Å². The topological polar surface area (TPSA) is 80.2 Å². The summed E-state index contributed by atoms with van der Waals surface area (Å²) < 4.78 is 10.8. The number of carbonyl (C=O) groups is 1. The molecule has 0 radical (unpaired) electrons. The highest BCUT2D eigenvalue weighted by Gasteiger charge is 2.18. The van der Waals surface area contributed by atoms with Gasteiger partial charge in [-0.15, -0.1) is 0 Å². The first kappa shape index (κ1) is 15.4. The minimum absolute atomic E-state index is 0.119. The van der Waals surface area contributed by atoms with Crippen LogP contribution in [0.5, 0.6) is 17.2 Å². The Bertz CT molecular complexity index is 681. The van der Waals surface area contributed by atoms with Gasteiger partial charge in [0.25, 0.3) is 5.91 Å². The first-order chi connectivity index (χ1) is 10.7. The van der Waals surface area contributed by atoms with Gasteiger partial charge in [0.2, 0.25) is 0 Å². The number of nitrogens with zero attached hydrogens (tertiary/aromatic N) is 1. The van der Waals surface area contributed by atoms with E-state index in [-0.39, 0.29) is 5.71 Å². The van der Waals surface area contributed by atoms with Crippen LogP contribution in [0.25, 0.3) is 0 Å². The second-order valence-corrected chi connectivity index (χ2v) is 4.30. The molecule has 0 saturated carbocycles. The maximum Gasteiger partial charge on any atom is 0.273 e. The smallest absolute Gasteiger partial charge is 0.273 e. The van der Waals surface area contributed by atoms with Gasteiger partial charge in [-0.2, -0.15) is 0 Å². The van der Waals surface area contributed by atoms with Crippen molar-refractivity contribution < 1.29 is 19.5 Å². The van der Waals surface area contributed by atoms with E-state index in [0.717, 1.165) is 0 Å². The van der Waals surface area contributed by atoms with Crippen LogP contribution in [0, 0.1) is 0 Å². The van der Waals surface area contributed by atoms with Gasteiger partial charge in [0.05, 0.1) is 12.7 Å². The number of benzene rings is 2. The number of rotatable bonds is 5. The molecular formula is C16H16N2O4. The molecular weight excluding hydrogens is 284 g/mol. The Morgan fingerprint density at radius 2 is 1.73 bits per heavy atom. The van der Waals surface area contributed by atoms with Gasteiger partial charge in [0.15, 0.2) is 5.71 Å². The zero-order valence-corrected chi connectivity index (χ0v) is 12.2. The summed E-state index contributed by atoms with van der Waals surface area (Å²) in [6.07, 6.45) is 0. The average Bonchev–Trinajstić information content (AvgIpc) is 2.57. The number of hydrogen-bond acceptors (Lipinski definition) is 5. The molecule has 0 bridgehead atoms. The third-order valence-corrected chi connectivity index (χ3v) is 2.97. The van der Waals surface area contributed by atoms with Crippen molar-refractivity contribution in [2.75, 3.05) is 14.2 Å². The summed E-state index contributed by atoms with van der Waals surface area (Å²) in [4.78, 5) is 11.8. The molecule has 0 aliphatic carbocycles. The third kappa shape index (κ3) is 3.35. The number of nitrogens with one attached hydrogen (secondary N) is 1. The Kier molecular flexibility index (Phi) is 4.98. The van der Waals surface area contributed by atoms with Crippen LogP contribution >= 0.6 is 0 Å². The average molecular weight is 300 g/mol. The Hall–Kier alpha value is -3.02. The lowest BCUT2D eigenvalue weighted by atomic mass is 10.1. The van der Waals surface area contributed by atoms with E-state index in [9.17, 15) is 4.79 Å². The summed E-state index contributed by atoms with van der Waals surface area (Å²) in [5.41, 5.74) is 0.270. The normalized spacial score (nSPS) is 10.9. The van der Waals surface area contributed by atoms with Crippen molar-refractivity contribution in [2.24, 2.45) is 5.16 Å². The molecule has 114 valence electrons. The Balaban J connectivity index is 2.33. The number of para-hydroxylation sites is 1. The molecule has 0 atom stereocenters. The van der Waals surface area contributed by atoms with Gasteiger partial charge >= 0.3 is 0 Å². The lowest BCUT2D eigenvalue weighted by Gasteiger charge is -2.11. The van der Waals surface area contributed by atoms with Crippen LogP contribution in [0.2, 0.25) is 0 Å². The van der Waals surface area contributed by atoms with Crippen LogP contribution in [0.1, 0.15) is 5.56 Å². The molecule has 6 nitrogen and oxygen atoms in total. The van der Waals surface area contributed by atoms with Gasteiger partial charge < -0.3 is 20.0 Å². The van der Waals surface area contributed by atoms with E-state index in [1.165, 1.54) is 7.05 Å². The molecule has 0 fully saturated rings. The van der Waals surface area contributed by atoms with Gasteiger partial charge in [0.1, 0.15) is 17.2 Å². The summed E-state index contributed by atoms with van der Waals surface area (Å²) in [5, 5.41) is 14.6. The van der Waals surface area contributed by atoms with E-state index in [1.54, 1.807) is 55.6 Å². The molecule has 1 amide bonds. The molecule has 0 unspecified atom stereocenters. The fourth-order valence-corrected chi connectivity index (χ4v) is 1.86. The largest absolute Gasteiger partial charge is 0.497 e. The van der Waals surface area contributed by atoms with Crippen molar-refractivity contribution in [2.45, 2.75) is 0 Å². The quantitative estimate of drug-likeness (QED) is 0.505. The van der Waals surface area contributed by atoms with Crippen molar-refractivity contribution in [3.05, 3.63) is 54.1 Å². The minimum atomic E-state index is -0.506. The van der Waals surface area contributed by atoms with Gasteiger partial charge in [-0.05, 0) is 36.4 Å². The van der Waals surface area contributed by atoms with Crippen LogP contribution < -0.4 is 14.8 Å². The van der Waals surface area contributed by atoms with Crippen LogP contribution in [-0.2, 0) is 4.79 Å². The molecule has 2 aromatic carbocycles. The van der Waals surface area contributed by atoms with Gasteiger partial charge in [0, 0.05) is 7.05 Å². The molecule has 2 rings (SSSR count). The maximum atomic E-state index is 11.8. The van der Waals surface area contributed by atoms with Gasteiger partial charge in [-0.25, -0.2) is 0 Å². The van der Waals surface area contributed by atoms with E-state index in [4.69, 9.17) is 14.7 Å². The number of likely N-dealkylation sites (N-methyl/N-ethyl adjacent to an activating group) is 1. The summed E-state index contributed by atoms with van der Waals surface area (Å²) >= 11 is 0. The van der Waals surface area contributed by atoms with Gasteiger partial charge in [-0.3, -0.25) is 4.79 Å². The van der Waals surface area contributed by atoms with Crippen LogP contribution in [0.3, 0.4) is 0 Å². The number of oxime groups is 1. The van der Waals surface area contributed by atoms with Crippen LogP contribution in [-0.4, -0.2) is 31.0 Å². The molecule has 0 aliphatic rings. The number of hydrogen-bond donors (Lipinski definition) is 2. The van der Waals surface area contributed by atoms with E-state index >= 15 is 0 Å². The fraction of sp³-hybridized carbons (Fsp3) is 0.125. The molecule has 2 N–H and O–H groups in total. The number of amides is 1. The third-order valence-electron chi connectivity index (χ3n) is 2.97. The van der Waals surface area contributed by atoms with Crippen molar-refractivity contribution in [1.82, 2.24) is 5.32 Å². The lowest BCUT2D eigenvalue weighted by molar-refractivity contribution is -0.114. The number of methoxy groups -OCH3 is 1. The second kappa shape index (κ2) is 7.12. The predicted molar refractivity (Wildman–Crippen MR) is 81.9 cm³/mol. The molecule has 22 heavy (non-hydrogen) atoms. The molecule has 6 heteroatoms. The lowest BCUT2D eigenvalue weighted by Crippen LogP contribution is -2.28. The standard InChI is InChI=1S/C16H16N2O4/c1-17-16(19)15(18-20)13-5-3-4-6-14(13)22-12-9-7-11(21-2)8-10-12/h3-10,20H,1-2H3,(H,17,19)/b18-15+. The van der Waals surface area contributed by atoms with E-state index in [0.29, 0.717) is 22.8 Å². The zero-order valence-electron chi connectivity index (χ0n) is 12.2. The minimum Gasteiger partial charge on any atom is -0.497 e. The molecule has 0 aliphatic heterocycles. The van der Waals surface area contributed by atoms with Crippen LogP contribution in [0.4, 0.5) is 0 Å². The molecule has 2 aromatic rings. The SMILES string of the molecule is CNC(=O)/C(=N/O)c1ccccc1Oc1ccc(OC)cc1. The summed E-state index contributed by atoms with van der Waals surface area (Å²) in [7, 11) is 3.04. The number of carbonyl (C=O) groups excluding carboxylic acids is 1. The fourth-order valence-electron chi connectivity index (χ4n) is 1.86. The van der Waals surface area contributed by atoms with Crippen molar-refractivity contribution in [3.63, 3.8) is 0 Å². The summed E-state index contributed by atoms with van der Waals surface area (Å²) in [5.74, 6) is 1.18. The van der Waals surface area contributed by atoms with Crippen molar-refractivity contribution in [3.8, 4) is 17.2 Å². The number of ether oxygens (including phenoxy) is 2. The van der Waals surface area contributed by atoms with E-state index in [1.807, 2.05) is 0 Å². The highest BCUT2D eigenvalue weighted by molar-refractivity contribution is 6.45. The van der Waals surface area contributed by atoms with Crippen molar-refractivity contribution >= 4 is 11.6 Å². The van der Waals surface area contributed by atoms with Gasteiger partial charge in [-0.1, -0.05) is 17.3 Å². The maximum absolute atomic E-state index is 11.8. The van der Waals surface area contributed by atoms with Crippen LogP contribution in [0.15, 0.2) is 53.7 Å². The van der Waals surface area contributed by atoms with E-state index in [2.05, 4.69) is 10.5 Å². The molecule has 0 aromatic heterocycles. The zero-order chi connectivity index (χ0) is 15.9. The Labute approximate surface area is 128 Å². The molecule has 0 saturated heterocycles. The monoisotopic (exact) mass is 300 g/mol. The Morgan fingerprint density at radius 3 is 2.32 bits per heavy atom. The second-order valence-electron chi connectivity index (χ2n) is 4.30. The Morgan fingerprint density at radius 1 is 1.09 bits per heavy atom. The molecule has 0 heterocycles. The highest BCUT2D eigenvalue weighted by atomic mass is 16.5. The summed E-state index contributed by atoms with van der Waals surface area (Å²) in [6.45, 7) is 0. The van der Waals surface area contributed by atoms with Crippen molar-refractivity contribution in [1.29, 1.82) is 0 Å².